The zero-order valence-electron chi connectivity index (χ0n) is 13.1. The molecule has 0 spiro atoms. The van der Waals surface area contributed by atoms with Gasteiger partial charge in [-0.1, -0.05) is 30.1 Å². The van der Waals surface area contributed by atoms with Crippen molar-refractivity contribution in [3.63, 3.8) is 0 Å². The molecule has 2 heterocycles. The van der Waals surface area contributed by atoms with Crippen molar-refractivity contribution in [3.8, 4) is 5.75 Å². The second kappa shape index (κ2) is 6.41. The first-order valence-corrected chi connectivity index (χ1v) is 7.80. The van der Waals surface area contributed by atoms with Crippen molar-refractivity contribution in [1.29, 1.82) is 0 Å². The number of para-hydroxylation sites is 2. The van der Waals surface area contributed by atoms with Gasteiger partial charge < -0.3 is 15.0 Å². The van der Waals surface area contributed by atoms with Crippen molar-refractivity contribution in [2.24, 2.45) is 5.73 Å². The predicted octanol–water partition coefficient (Wildman–Crippen LogP) is 2.15. The molecule has 2 aromatic rings. The third kappa shape index (κ3) is 2.85. The van der Waals surface area contributed by atoms with Crippen molar-refractivity contribution in [2.45, 2.75) is 37.8 Å². The highest BCUT2D eigenvalue weighted by Gasteiger charge is 2.36. The molecule has 1 aromatic heterocycles. The van der Waals surface area contributed by atoms with Gasteiger partial charge in [-0.15, -0.1) is 12.4 Å². The standard InChI is InChI=1S/C16H18N4O3.ClH/c17-16(7-3-4-8-16)15-18-13(23-19-15)9-20-11-5-1-2-6-12(11)22-10-14(20)21;/h1-2,5-6H,3-4,7-10,17H2;1H. The maximum Gasteiger partial charge on any atom is 0.265 e. The number of halogens is 1. The van der Waals surface area contributed by atoms with E-state index in [0.717, 1.165) is 25.7 Å². The van der Waals surface area contributed by atoms with Crippen molar-refractivity contribution in [2.75, 3.05) is 11.5 Å². The minimum Gasteiger partial charge on any atom is -0.482 e. The second-order valence-corrected chi connectivity index (χ2v) is 6.11. The van der Waals surface area contributed by atoms with E-state index in [9.17, 15) is 4.79 Å². The van der Waals surface area contributed by atoms with E-state index < -0.39 is 5.54 Å². The maximum absolute atomic E-state index is 12.2. The molecule has 0 atom stereocenters. The summed E-state index contributed by atoms with van der Waals surface area (Å²) in [5, 5.41) is 4.04. The van der Waals surface area contributed by atoms with E-state index in [1.165, 1.54) is 0 Å². The highest BCUT2D eigenvalue weighted by Crippen LogP contribution is 2.35. The fraction of sp³-hybridized carbons (Fsp3) is 0.438. The van der Waals surface area contributed by atoms with Crippen LogP contribution in [-0.2, 0) is 16.9 Å². The number of carbonyl (C=O) groups is 1. The second-order valence-electron chi connectivity index (χ2n) is 6.11. The summed E-state index contributed by atoms with van der Waals surface area (Å²) in [6.07, 6.45) is 3.89. The number of fused-ring (bicyclic) bond motifs is 1. The summed E-state index contributed by atoms with van der Waals surface area (Å²) in [5.74, 6) is 1.48. The molecular formula is C16H19ClN4O3. The third-order valence-corrected chi connectivity index (χ3v) is 4.51. The molecular weight excluding hydrogens is 332 g/mol. The lowest BCUT2D eigenvalue weighted by molar-refractivity contribution is -0.121. The van der Waals surface area contributed by atoms with Crippen LogP contribution in [0.4, 0.5) is 5.69 Å². The average molecular weight is 351 g/mol. The number of anilines is 1. The summed E-state index contributed by atoms with van der Waals surface area (Å²) in [6, 6.07) is 7.41. The number of aromatic nitrogens is 2. The molecule has 0 bridgehead atoms. The number of hydrogen-bond donors (Lipinski definition) is 1. The Kier molecular flexibility index (Phi) is 4.47. The minimum absolute atomic E-state index is 0. The monoisotopic (exact) mass is 350 g/mol. The van der Waals surface area contributed by atoms with Crippen LogP contribution < -0.4 is 15.4 Å². The van der Waals surface area contributed by atoms with Crippen LogP contribution in [0.25, 0.3) is 0 Å². The lowest BCUT2D eigenvalue weighted by atomic mass is 9.99. The summed E-state index contributed by atoms with van der Waals surface area (Å²) in [7, 11) is 0. The summed E-state index contributed by atoms with van der Waals surface area (Å²) < 4.78 is 10.8. The van der Waals surface area contributed by atoms with Crippen LogP contribution in [0.5, 0.6) is 5.75 Å². The highest BCUT2D eigenvalue weighted by atomic mass is 35.5. The molecule has 4 rings (SSSR count). The van der Waals surface area contributed by atoms with Gasteiger partial charge in [-0.3, -0.25) is 9.69 Å². The smallest absolute Gasteiger partial charge is 0.265 e. The van der Waals surface area contributed by atoms with Gasteiger partial charge in [0, 0.05) is 0 Å². The normalized spacial score (nSPS) is 18.7. The molecule has 2 aliphatic rings. The number of carbonyl (C=O) groups excluding carboxylic acids is 1. The molecule has 1 saturated carbocycles. The van der Waals surface area contributed by atoms with Gasteiger partial charge in [0.2, 0.25) is 5.89 Å². The van der Waals surface area contributed by atoms with Crippen molar-refractivity contribution in [3.05, 3.63) is 36.0 Å². The molecule has 1 amide bonds. The SMILES string of the molecule is Cl.NC1(c2noc(CN3C(=O)COc4ccccc43)n2)CCCC1. The molecule has 0 radical (unpaired) electrons. The maximum atomic E-state index is 12.2. The van der Waals surface area contributed by atoms with E-state index >= 15 is 0 Å². The molecule has 8 heteroatoms. The first-order valence-electron chi connectivity index (χ1n) is 7.80. The molecule has 1 aromatic carbocycles. The van der Waals surface area contributed by atoms with E-state index in [0.29, 0.717) is 23.2 Å². The molecule has 128 valence electrons. The van der Waals surface area contributed by atoms with Crippen LogP contribution >= 0.6 is 12.4 Å². The van der Waals surface area contributed by atoms with E-state index in [-0.39, 0.29) is 31.5 Å². The number of benzene rings is 1. The summed E-state index contributed by atoms with van der Waals surface area (Å²) in [4.78, 5) is 18.2. The zero-order chi connectivity index (χ0) is 15.9. The van der Waals surface area contributed by atoms with E-state index in [1.54, 1.807) is 4.90 Å². The summed E-state index contributed by atoms with van der Waals surface area (Å²) in [6.45, 7) is 0.237. The molecule has 1 aliphatic carbocycles. The lowest BCUT2D eigenvalue weighted by Gasteiger charge is -2.28. The van der Waals surface area contributed by atoms with E-state index in [4.69, 9.17) is 15.0 Å². The number of nitrogens with zero attached hydrogens (tertiary/aromatic N) is 3. The van der Waals surface area contributed by atoms with Crippen LogP contribution in [0.1, 0.15) is 37.4 Å². The van der Waals surface area contributed by atoms with Gasteiger partial charge in [0.1, 0.15) is 12.3 Å². The fourth-order valence-corrected chi connectivity index (χ4v) is 3.21. The molecule has 7 nitrogen and oxygen atoms in total. The van der Waals surface area contributed by atoms with Gasteiger partial charge in [0.25, 0.3) is 5.91 Å². The van der Waals surface area contributed by atoms with Crippen LogP contribution in [0.15, 0.2) is 28.8 Å². The third-order valence-electron chi connectivity index (χ3n) is 4.51. The predicted molar refractivity (Wildman–Crippen MR) is 89.0 cm³/mol. The number of ether oxygens (including phenoxy) is 1. The van der Waals surface area contributed by atoms with Gasteiger partial charge >= 0.3 is 0 Å². The first-order chi connectivity index (χ1) is 11.2. The Morgan fingerprint density at radius 1 is 1.25 bits per heavy atom. The quantitative estimate of drug-likeness (QED) is 0.911. The van der Waals surface area contributed by atoms with E-state index in [2.05, 4.69) is 10.1 Å². The Hall–Kier alpha value is -2.12. The first kappa shape index (κ1) is 16.7. The lowest BCUT2D eigenvalue weighted by Crippen LogP contribution is -2.38. The van der Waals surface area contributed by atoms with Gasteiger partial charge in [-0.2, -0.15) is 4.98 Å². The van der Waals surface area contributed by atoms with Gasteiger partial charge in [-0.25, -0.2) is 0 Å². The Morgan fingerprint density at radius 2 is 2.00 bits per heavy atom. The van der Waals surface area contributed by atoms with Crippen LogP contribution in [0.2, 0.25) is 0 Å². The Morgan fingerprint density at radius 3 is 2.79 bits per heavy atom. The van der Waals surface area contributed by atoms with Gasteiger partial charge in [-0.05, 0) is 25.0 Å². The van der Waals surface area contributed by atoms with Crippen molar-refractivity contribution >= 4 is 24.0 Å². The van der Waals surface area contributed by atoms with Crippen molar-refractivity contribution in [1.82, 2.24) is 10.1 Å². The van der Waals surface area contributed by atoms with E-state index in [1.807, 2.05) is 24.3 Å². The molecule has 2 N–H and O–H groups in total. The Bertz CT molecular complexity index is 742. The molecule has 1 aliphatic heterocycles. The number of nitrogens with two attached hydrogens (primary N) is 1. The minimum atomic E-state index is -0.491. The van der Waals surface area contributed by atoms with Crippen LogP contribution in [-0.4, -0.2) is 22.7 Å². The average Bonchev–Trinajstić information content (AvgIpc) is 3.20. The summed E-state index contributed by atoms with van der Waals surface area (Å²) >= 11 is 0. The largest absolute Gasteiger partial charge is 0.482 e. The van der Waals surface area contributed by atoms with Crippen molar-refractivity contribution < 1.29 is 14.1 Å². The number of amides is 1. The molecule has 1 fully saturated rings. The summed E-state index contributed by atoms with van der Waals surface area (Å²) in [5.41, 5.74) is 6.57. The highest BCUT2D eigenvalue weighted by molar-refractivity contribution is 5.97. The van der Waals surface area contributed by atoms with Crippen LogP contribution in [0, 0.1) is 0 Å². The Balaban J connectivity index is 0.00000169. The topological polar surface area (TPSA) is 94.5 Å². The number of hydrogen-bond acceptors (Lipinski definition) is 6. The Labute approximate surface area is 145 Å². The fourth-order valence-electron chi connectivity index (χ4n) is 3.21. The molecule has 0 saturated heterocycles. The van der Waals surface area contributed by atoms with Gasteiger partial charge in [0.15, 0.2) is 12.4 Å². The molecule has 24 heavy (non-hydrogen) atoms. The zero-order valence-corrected chi connectivity index (χ0v) is 13.9. The van der Waals surface area contributed by atoms with Gasteiger partial charge in [0.05, 0.1) is 11.2 Å². The van der Waals surface area contributed by atoms with Crippen LogP contribution in [0.3, 0.4) is 0 Å². The molecule has 0 unspecified atom stereocenters. The number of rotatable bonds is 3.